The molecule has 3 nitrogen and oxygen atoms in total. The van der Waals surface area contributed by atoms with Crippen LogP contribution in [0.4, 0.5) is 14.5 Å². The summed E-state index contributed by atoms with van der Waals surface area (Å²) in [5, 5.41) is 5.49. The largest absolute Gasteiger partial charge is 0.362 e. The van der Waals surface area contributed by atoms with Gasteiger partial charge in [-0.05, 0) is 52.3 Å². The Hall–Kier alpha value is -0.730. The Labute approximate surface area is 176 Å². The fourth-order valence-corrected chi connectivity index (χ4v) is 3.24. The van der Waals surface area contributed by atoms with Gasteiger partial charge >= 0.3 is 0 Å². The first-order chi connectivity index (χ1) is 12.2. The maximum atomic E-state index is 12.4. The minimum Gasteiger partial charge on any atom is -0.362 e. The summed E-state index contributed by atoms with van der Waals surface area (Å²) in [5.41, 5.74) is 0.865. The van der Waals surface area contributed by atoms with Crippen molar-refractivity contribution in [1.82, 2.24) is 5.32 Å². The molecule has 0 saturated carbocycles. The van der Waals surface area contributed by atoms with Crippen LogP contribution in [-0.2, 0) is 0 Å². The van der Waals surface area contributed by atoms with Gasteiger partial charge in [0.2, 0.25) is 3.79 Å². The number of anilines is 1. The molecule has 10 heteroatoms. The molecular formula is C16H12BrCl3F2N2OS. The van der Waals surface area contributed by atoms with Crippen LogP contribution in [0.2, 0.25) is 0 Å². The Bertz CT molecular complexity index is 760. The first-order valence-electron chi connectivity index (χ1n) is 7.10. The minimum atomic E-state index is -2.51. The summed E-state index contributed by atoms with van der Waals surface area (Å²) in [7, 11) is 0. The zero-order valence-electron chi connectivity index (χ0n) is 12.9. The van der Waals surface area contributed by atoms with E-state index < -0.39 is 21.6 Å². The predicted molar refractivity (Wildman–Crippen MR) is 108 cm³/mol. The summed E-state index contributed by atoms with van der Waals surface area (Å²) in [5.74, 6) is -2.96. The average molecular weight is 505 g/mol. The third-order valence-corrected chi connectivity index (χ3v) is 5.18. The smallest absolute Gasteiger partial charge is 0.288 e. The molecule has 2 rings (SSSR count). The molecule has 0 aliphatic carbocycles. The van der Waals surface area contributed by atoms with Gasteiger partial charge < -0.3 is 10.6 Å². The zero-order valence-corrected chi connectivity index (χ0v) is 17.5. The Balaban J connectivity index is 2.13. The van der Waals surface area contributed by atoms with Crippen LogP contribution in [0.5, 0.6) is 0 Å². The molecule has 0 unspecified atom stereocenters. The number of hydrogen-bond acceptors (Lipinski definition) is 3. The molecular weight excluding hydrogens is 493 g/mol. The highest BCUT2D eigenvalue weighted by Gasteiger charge is 2.34. The molecule has 2 aromatic rings. The number of carbonyl (C=O) groups excluding carboxylic acids is 1. The Morgan fingerprint density at radius 3 is 2.23 bits per heavy atom. The predicted octanol–water partition coefficient (Wildman–Crippen LogP) is 6.30. The molecule has 0 spiro atoms. The highest BCUT2D eigenvalue weighted by molar-refractivity contribution is 9.10. The van der Waals surface area contributed by atoms with E-state index in [2.05, 4.69) is 26.6 Å². The monoisotopic (exact) mass is 502 g/mol. The first-order valence-corrected chi connectivity index (χ1v) is 9.91. The molecule has 0 fully saturated rings. The molecule has 26 heavy (non-hydrogen) atoms. The summed E-state index contributed by atoms with van der Waals surface area (Å²) in [6.45, 7) is 0. The second kappa shape index (κ2) is 9.46. The van der Waals surface area contributed by atoms with Crippen LogP contribution in [0.3, 0.4) is 0 Å². The number of carbonyl (C=O) groups is 1. The van der Waals surface area contributed by atoms with Crippen LogP contribution in [0, 0.1) is 0 Å². The lowest BCUT2D eigenvalue weighted by Crippen LogP contribution is -2.49. The molecule has 0 aliphatic rings. The van der Waals surface area contributed by atoms with Gasteiger partial charge in [-0.3, -0.25) is 4.79 Å². The van der Waals surface area contributed by atoms with E-state index in [4.69, 9.17) is 34.8 Å². The summed E-state index contributed by atoms with van der Waals surface area (Å²) in [4.78, 5) is 12.8. The van der Waals surface area contributed by atoms with Crippen molar-refractivity contribution in [1.29, 1.82) is 0 Å². The van der Waals surface area contributed by atoms with Crippen LogP contribution in [0.25, 0.3) is 0 Å². The standard InChI is InChI=1S/C16H12BrCl3F2N2OS/c17-12-4-2-1-3-11(12)13(25)24-14(16(18,19)20)23-9-5-7-10(8-6-9)26-15(21)22/h1-8,14-15,23H,(H,24,25)/t14-/m0/s1. The molecule has 0 heterocycles. The quantitative estimate of drug-likeness (QED) is 0.276. The van der Waals surface area contributed by atoms with Crippen molar-refractivity contribution in [3.8, 4) is 0 Å². The fourth-order valence-electron chi connectivity index (χ4n) is 1.95. The molecule has 2 N–H and O–H groups in total. The highest BCUT2D eigenvalue weighted by Crippen LogP contribution is 2.32. The van der Waals surface area contributed by atoms with E-state index in [1.54, 1.807) is 36.4 Å². The van der Waals surface area contributed by atoms with E-state index >= 15 is 0 Å². The van der Waals surface area contributed by atoms with Crippen molar-refractivity contribution < 1.29 is 13.6 Å². The number of nitrogens with one attached hydrogen (secondary N) is 2. The van der Waals surface area contributed by atoms with Crippen LogP contribution in [-0.4, -0.2) is 21.6 Å². The van der Waals surface area contributed by atoms with Crippen LogP contribution in [0.15, 0.2) is 57.9 Å². The lowest BCUT2D eigenvalue weighted by atomic mass is 10.2. The number of amides is 1. The Morgan fingerprint density at radius 2 is 1.69 bits per heavy atom. The lowest BCUT2D eigenvalue weighted by molar-refractivity contribution is 0.0941. The summed E-state index contributed by atoms with van der Waals surface area (Å²) >= 11 is 21.6. The minimum absolute atomic E-state index is 0.372. The maximum absolute atomic E-state index is 12.4. The second-order valence-electron chi connectivity index (χ2n) is 4.98. The number of rotatable bonds is 6. The normalized spacial score (nSPS) is 12.7. The van der Waals surface area contributed by atoms with Crippen molar-refractivity contribution in [2.24, 2.45) is 0 Å². The molecule has 0 saturated heterocycles. The first kappa shape index (κ1) is 21.6. The zero-order chi connectivity index (χ0) is 19.3. The average Bonchev–Trinajstić information content (AvgIpc) is 2.55. The van der Waals surface area contributed by atoms with Crippen molar-refractivity contribution in [3.05, 3.63) is 58.6 Å². The third kappa shape index (κ3) is 6.46. The van der Waals surface area contributed by atoms with Crippen LogP contribution >= 0.6 is 62.5 Å². The number of hydrogen-bond donors (Lipinski definition) is 2. The van der Waals surface area contributed by atoms with E-state index in [9.17, 15) is 13.6 Å². The van der Waals surface area contributed by atoms with Gasteiger partial charge in [0.25, 0.3) is 11.7 Å². The van der Waals surface area contributed by atoms with Crippen LogP contribution < -0.4 is 10.6 Å². The summed E-state index contributed by atoms with van der Waals surface area (Å²) in [6, 6.07) is 12.9. The van der Waals surface area contributed by atoms with Crippen LogP contribution in [0.1, 0.15) is 10.4 Å². The van der Waals surface area contributed by atoms with E-state index in [0.29, 0.717) is 32.4 Å². The Kier molecular flexibility index (Phi) is 7.85. The van der Waals surface area contributed by atoms with Crippen molar-refractivity contribution in [2.75, 3.05) is 5.32 Å². The molecule has 140 valence electrons. The Morgan fingerprint density at radius 1 is 1.08 bits per heavy atom. The lowest BCUT2D eigenvalue weighted by Gasteiger charge is -2.27. The van der Waals surface area contributed by atoms with E-state index in [-0.39, 0.29) is 0 Å². The third-order valence-electron chi connectivity index (χ3n) is 3.11. The van der Waals surface area contributed by atoms with Gasteiger partial charge in [0.15, 0.2) is 0 Å². The second-order valence-corrected chi connectivity index (χ2v) is 9.26. The van der Waals surface area contributed by atoms with Crippen molar-refractivity contribution in [3.63, 3.8) is 0 Å². The molecule has 1 amide bonds. The summed E-state index contributed by atoms with van der Waals surface area (Å²) in [6.07, 6.45) is -1.05. The number of alkyl halides is 5. The van der Waals surface area contributed by atoms with Gasteiger partial charge in [-0.2, -0.15) is 8.78 Å². The number of benzene rings is 2. The number of halogens is 6. The van der Waals surface area contributed by atoms with Gasteiger partial charge in [-0.1, -0.05) is 58.7 Å². The van der Waals surface area contributed by atoms with E-state index in [1.165, 1.54) is 12.1 Å². The van der Waals surface area contributed by atoms with Gasteiger partial charge in [-0.25, -0.2) is 0 Å². The maximum Gasteiger partial charge on any atom is 0.288 e. The summed E-state index contributed by atoms with van der Waals surface area (Å²) < 4.78 is 23.5. The fraction of sp³-hybridized carbons (Fsp3) is 0.188. The van der Waals surface area contributed by atoms with E-state index in [0.717, 1.165) is 0 Å². The SMILES string of the molecule is O=C(N[C@H](Nc1ccc(SC(F)F)cc1)C(Cl)(Cl)Cl)c1ccccc1Br. The van der Waals surface area contributed by atoms with Gasteiger partial charge in [0.05, 0.1) is 5.56 Å². The van der Waals surface area contributed by atoms with Gasteiger partial charge in [0, 0.05) is 15.1 Å². The van der Waals surface area contributed by atoms with Gasteiger partial charge in [-0.15, -0.1) is 0 Å². The van der Waals surface area contributed by atoms with Gasteiger partial charge in [0.1, 0.15) is 6.17 Å². The van der Waals surface area contributed by atoms with Crippen molar-refractivity contribution >= 4 is 74.1 Å². The molecule has 1 atom stereocenters. The molecule has 0 radical (unpaired) electrons. The topological polar surface area (TPSA) is 41.1 Å². The highest BCUT2D eigenvalue weighted by atomic mass is 79.9. The molecule has 0 aliphatic heterocycles. The molecule has 0 aromatic heterocycles. The molecule has 0 bridgehead atoms. The molecule has 2 aromatic carbocycles. The van der Waals surface area contributed by atoms with E-state index in [1.807, 2.05) is 0 Å². The number of thioether (sulfide) groups is 1. The van der Waals surface area contributed by atoms with Crippen molar-refractivity contribution in [2.45, 2.75) is 20.6 Å².